The van der Waals surface area contributed by atoms with Crippen molar-refractivity contribution in [3.63, 3.8) is 0 Å². The number of furan rings is 1. The van der Waals surface area contributed by atoms with E-state index >= 15 is 0 Å². The molecule has 9 heteroatoms. The van der Waals surface area contributed by atoms with Gasteiger partial charge in [-0.2, -0.15) is 9.78 Å². The van der Waals surface area contributed by atoms with Gasteiger partial charge in [-0.1, -0.05) is 24.3 Å². The number of hydrogen-bond donors (Lipinski definition) is 1. The van der Waals surface area contributed by atoms with Crippen LogP contribution in [0.25, 0.3) is 28.1 Å². The zero-order valence-electron chi connectivity index (χ0n) is 23.3. The third-order valence-electron chi connectivity index (χ3n) is 6.48. The Bertz CT molecular complexity index is 1700. The monoisotopic (exact) mass is 551 g/mol. The van der Waals surface area contributed by atoms with E-state index in [9.17, 15) is 9.59 Å². The molecular formula is C32H29N3O6. The second-order valence-electron chi connectivity index (χ2n) is 9.43. The second kappa shape index (κ2) is 11.4. The van der Waals surface area contributed by atoms with Gasteiger partial charge in [-0.15, -0.1) is 0 Å². The fourth-order valence-corrected chi connectivity index (χ4v) is 4.47. The van der Waals surface area contributed by atoms with Crippen molar-refractivity contribution in [2.24, 2.45) is 0 Å². The molecule has 0 radical (unpaired) electrons. The van der Waals surface area contributed by atoms with Crippen LogP contribution in [0.2, 0.25) is 0 Å². The molecule has 0 unspecified atom stereocenters. The van der Waals surface area contributed by atoms with Gasteiger partial charge in [0.25, 0.3) is 5.91 Å². The number of rotatable bonds is 8. The molecule has 0 saturated carbocycles. The van der Waals surface area contributed by atoms with Crippen LogP contribution < -0.4 is 19.5 Å². The lowest BCUT2D eigenvalue weighted by Gasteiger charge is -2.12. The summed E-state index contributed by atoms with van der Waals surface area (Å²) in [5, 5.41) is 7.80. The molecule has 1 amide bonds. The molecule has 2 heterocycles. The predicted octanol–water partition coefficient (Wildman–Crippen LogP) is 6.61. The van der Waals surface area contributed by atoms with Crippen LogP contribution in [0.4, 0.5) is 5.69 Å². The molecule has 3 aromatic carbocycles. The van der Waals surface area contributed by atoms with Crippen molar-refractivity contribution in [1.82, 2.24) is 9.78 Å². The number of carbonyl (C=O) groups is 2. The highest BCUT2D eigenvalue weighted by atomic mass is 16.5. The van der Waals surface area contributed by atoms with Crippen LogP contribution in [0.5, 0.6) is 17.4 Å². The van der Waals surface area contributed by atoms with Crippen LogP contribution in [-0.2, 0) is 4.79 Å². The summed E-state index contributed by atoms with van der Waals surface area (Å²) < 4.78 is 23.7. The number of hydrogen-bond acceptors (Lipinski definition) is 7. The number of benzene rings is 3. The van der Waals surface area contributed by atoms with Crippen LogP contribution >= 0.6 is 0 Å². The third kappa shape index (κ3) is 5.69. The lowest BCUT2D eigenvalue weighted by Crippen LogP contribution is -2.10. The molecule has 0 saturated heterocycles. The van der Waals surface area contributed by atoms with E-state index < -0.39 is 5.97 Å². The fourth-order valence-electron chi connectivity index (χ4n) is 4.47. The number of esters is 1. The maximum absolute atomic E-state index is 12.5. The summed E-state index contributed by atoms with van der Waals surface area (Å²) in [5.41, 5.74) is 5.85. The number of amides is 1. The molecule has 9 nitrogen and oxygen atoms in total. The number of anilines is 1. The number of ether oxygens (including phenoxy) is 3. The highest BCUT2D eigenvalue weighted by Gasteiger charge is 2.26. The lowest BCUT2D eigenvalue weighted by atomic mass is 10.0. The summed E-state index contributed by atoms with van der Waals surface area (Å²) in [7, 11) is 3.16. The molecule has 0 aliphatic heterocycles. The first kappa shape index (κ1) is 27.3. The molecule has 0 fully saturated rings. The normalized spacial score (nSPS) is 10.8. The summed E-state index contributed by atoms with van der Waals surface area (Å²) in [6.45, 7) is 5.31. The first-order valence-corrected chi connectivity index (χ1v) is 12.8. The number of aryl methyl sites for hydroxylation is 2. The van der Waals surface area contributed by atoms with Crippen molar-refractivity contribution in [1.29, 1.82) is 0 Å². The number of aromatic nitrogens is 2. The molecule has 5 aromatic rings. The van der Waals surface area contributed by atoms with Crippen molar-refractivity contribution >= 4 is 17.6 Å². The van der Waals surface area contributed by atoms with Crippen molar-refractivity contribution in [2.75, 3.05) is 19.5 Å². The number of carbonyl (C=O) groups excluding carboxylic acids is 2. The van der Waals surface area contributed by atoms with Gasteiger partial charge in [-0.05, 0) is 73.0 Å². The Morgan fingerprint density at radius 3 is 2.20 bits per heavy atom. The minimum Gasteiger partial charge on any atom is -0.497 e. The average molecular weight is 552 g/mol. The van der Waals surface area contributed by atoms with E-state index in [-0.39, 0.29) is 17.5 Å². The van der Waals surface area contributed by atoms with Gasteiger partial charge in [0.1, 0.15) is 17.2 Å². The SMILES string of the molecule is COc1cc(OC)cc(-c2nn(-c3cc(C)ccc3C)c(OC(C)=O)c2-c2ccc(NC(=O)c3ccco3)cc2)c1. The van der Waals surface area contributed by atoms with E-state index in [1.165, 1.54) is 13.2 Å². The Hall–Kier alpha value is -5.31. The number of nitrogens with one attached hydrogen (secondary N) is 1. The molecule has 0 atom stereocenters. The molecule has 1 N–H and O–H groups in total. The molecule has 208 valence electrons. The fraction of sp³-hybridized carbons (Fsp3) is 0.156. The first-order valence-electron chi connectivity index (χ1n) is 12.8. The molecule has 41 heavy (non-hydrogen) atoms. The van der Waals surface area contributed by atoms with Gasteiger partial charge >= 0.3 is 5.97 Å². The number of methoxy groups -OCH3 is 2. The van der Waals surface area contributed by atoms with Crippen molar-refractivity contribution in [2.45, 2.75) is 20.8 Å². The molecule has 0 bridgehead atoms. The zero-order chi connectivity index (χ0) is 29.1. The van der Waals surface area contributed by atoms with Gasteiger partial charge in [0.2, 0.25) is 5.88 Å². The van der Waals surface area contributed by atoms with Crippen LogP contribution in [0.3, 0.4) is 0 Å². The van der Waals surface area contributed by atoms with Crippen LogP contribution in [0.15, 0.2) is 83.5 Å². The minimum atomic E-state index is -0.491. The largest absolute Gasteiger partial charge is 0.497 e. The standard InChI is InChI=1S/C32H29N3O6/c1-19-8-9-20(2)27(15-19)35-32(41-21(3)36)29(30(34-35)23-16-25(38-4)18-26(17-23)39-5)22-10-12-24(13-11-22)33-31(37)28-7-6-14-40-28/h6-18H,1-5H3,(H,33,37). The zero-order valence-corrected chi connectivity index (χ0v) is 23.3. The Morgan fingerprint density at radius 2 is 1.59 bits per heavy atom. The predicted molar refractivity (Wildman–Crippen MR) is 155 cm³/mol. The highest BCUT2D eigenvalue weighted by Crippen LogP contribution is 2.43. The maximum atomic E-state index is 12.5. The summed E-state index contributed by atoms with van der Waals surface area (Å²) in [6.07, 6.45) is 1.44. The molecule has 0 aliphatic carbocycles. The lowest BCUT2D eigenvalue weighted by molar-refractivity contribution is -0.132. The summed E-state index contributed by atoms with van der Waals surface area (Å²) in [4.78, 5) is 24.9. The van der Waals surface area contributed by atoms with E-state index in [2.05, 4.69) is 5.32 Å². The molecular weight excluding hydrogens is 522 g/mol. The molecule has 0 spiro atoms. The van der Waals surface area contributed by atoms with E-state index in [0.29, 0.717) is 39.6 Å². The van der Waals surface area contributed by atoms with E-state index in [1.807, 2.05) is 56.3 Å². The molecule has 2 aromatic heterocycles. The average Bonchev–Trinajstić information content (AvgIpc) is 3.63. The van der Waals surface area contributed by atoms with Gasteiger partial charge in [0, 0.05) is 24.2 Å². The minimum absolute atomic E-state index is 0.204. The van der Waals surface area contributed by atoms with Crippen molar-refractivity contribution < 1.29 is 28.2 Å². The summed E-state index contributed by atoms with van der Waals surface area (Å²) in [6, 6.07) is 21.9. The van der Waals surface area contributed by atoms with Gasteiger partial charge in [-0.3, -0.25) is 9.59 Å². The first-order chi connectivity index (χ1) is 19.8. The second-order valence-corrected chi connectivity index (χ2v) is 9.43. The van der Waals surface area contributed by atoms with Gasteiger partial charge < -0.3 is 23.9 Å². The van der Waals surface area contributed by atoms with Crippen LogP contribution in [0, 0.1) is 13.8 Å². The Labute approximate surface area is 237 Å². The van der Waals surface area contributed by atoms with Crippen molar-refractivity contribution in [3.8, 4) is 45.5 Å². The Morgan fingerprint density at radius 1 is 0.878 bits per heavy atom. The van der Waals surface area contributed by atoms with Gasteiger partial charge in [0.05, 0.1) is 31.7 Å². The molecule has 5 rings (SSSR count). The third-order valence-corrected chi connectivity index (χ3v) is 6.48. The maximum Gasteiger partial charge on any atom is 0.309 e. The highest BCUT2D eigenvalue weighted by molar-refractivity contribution is 6.02. The quantitative estimate of drug-likeness (QED) is 0.216. The summed E-state index contributed by atoms with van der Waals surface area (Å²) >= 11 is 0. The number of nitrogens with zero attached hydrogens (tertiary/aromatic N) is 2. The Balaban J connectivity index is 1.71. The molecule has 0 aliphatic rings. The van der Waals surface area contributed by atoms with Crippen LogP contribution in [0.1, 0.15) is 28.6 Å². The Kier molecular flexibility index (Phi) is 7.60. The van der Waals surface area contributed by atoms with E-state index in [4.69, 9.17) is 23.7 Å². The summed E-state index contributed by atoms with van der Waals surface area (Å²) in [5.74, 6) is 0.768. The van der Waals surface area contributed by atoms with Gasteiger partial charge in [-0.25, -0.2) is 0 Å². The smallest absolute Gasteiger partial charge is 0.309 e. The van der Waals surface area contributed by atoms with E-state index in [0.717, 1.165) is 16.8 Å². The van der Waals surface area contributed by atoms with Gasteiger partial charge in [0.15, 0.2) is 5.76 Å². The topological polar surface area (TPSA) is 105 Å². The van der Waals surface area contributed by atoms with E-state index in [1.54, 1.807) is 49.2 Å². The van der Waals surface area contributed by atoms with Crippen LogP contribution in [-0.4, -0.2) is 35.9 Å². The van der Waals surface area contributed by atoms with Crippen molar-refractivity contribution in [3.05, 3.63) is 95.9 Å².